The molecular formula is C7H5ClINO2. The van der Waals surface area contributed by atoms with Crippen LogP contribution in [0.5, 0.6) is 0 Å². The lowest BCUT2D eigenvalue weighted by Crippen LogP contribution is -1.88. The van der Waals surface area contributed by atoms with Gasteiger partial charge >= 0.3 is 0 Å². The monoisotopic (exact) mass is 297 g/mol. The molecule has 5 heteroatoms. The summed E-state index contributed by atoms with van der Waals surface area (Å²) < 4.78 is 0.797. The number of aliphatic hydroxyl groups excluding tert-OH is 1. The molecule has 0 spiro atoms. The quantitative estimate of drug-likeness (QED) is 0.674. The predicted octanol–water partition coefficient (Wildman–Crippen LogP) is 2.83. The van der Waals surface area contributed by atoms with Crippen LogP contribution < -0.4 is 0 Å². The van der Waals surface area contributed by atoms with Gasteiger partial charge < -0.3 is 5.11 Å². The Morgan fingerprint density at radius 3 is 2.75 bits per heavy atom. The van der Waals surface area contributed by atoms with Crippen LogP contribution in [0, 0.1) is 8.48 Å². The molecule has 1 aromatic rings. The first-order chi connectivity index (χ1) is 5.70. The maximum absolute atomic E-state index is 10.2. The molecule has 0 amide bonds. The Morgan fingerprint density at radius 1 is 1.58 bits per heavy atom. The summed E-state index contributed by atoms with van der Waals surface area (Å²) in [6.45, 7) is -0.267. The first-order valence-corrected chi connectivity index (χ1v) is 4.57. The molecule has 0 aliphatic rings. The maximum Gasteiger partial charge on any atom is 0.115 e. The van der Waals surface area contributed by atoms with E-state index in [1.165, 1.54) is 6.07 Å². The fourth-order valence-electron chi connectivity index (χ4n) is 0.818. The van der Waals surface area contributed by atoms with E-state index in [1.807, 2.05) is 22.6 Å². The van der Waals surface area contributed by atoms with Crippen molar-refractivity contribution in [2.45, 2.75) is 6.61 Å². The van der Waals surface area contributed by atoms with Gasteiger partial charge in [0.05, 0.1) is 11.6 Å². The van der Waals surface area contributed by atoms with Gasteiger partial charge in [-0.05, 0) is 39.9 Å². The lowest BCUT2D eigenvalue weighted by Gasteiger charge is -2.03. The average Bonchev–Trinajstić information content (AvgIpc) is 2.09. The Labute approximate surface area is 87.9 Å². The van der Waals surface area contributed by atoms with Gasteiger partial charge in [-0.3, -0.25) is 0 Å². The van der Waals surface area contributed by atoms with Crippen LogP contribution in [0.2, 0.25) is 5.02 Å². The molecule has 0 aliphatic carbocycles. The smallest absolute Gasteiger partial charge is 0.115 e. The Bertz CT molecular complexity index is 317. The van der Waals surface area contributed by atoms with Crippen LogP contribution >= 0.6 is 34.2 Å². The van der Waals surface area contributed by atoms with Crippen molar-refractivity contribution >= 4 is 39.9 Å². The van der Waals surface area contributed by atoms with Gasteiger partial charge in [0, 0.05) is 9.13 Å². The van der Waals surface area contributed by atoms with Gasteiger partial charge in [0.25, 0.3) is 0 Å². The second kappa shape index (κ2) is 4.15. The molecule has 0 radical (unpaired) electrons. The Kier molecular flexibility index (Phi) is 3.42. The fourth-order valence-corrected chi connectivity index (χ4v) is 1.54. The third-order valence-electron chi connectivity index (χ3n) is 1.43. The lowest BCUT2D eigenvalue weighted by atomic mass is 10.2. The number of aliphatic hydroxyl groups is 1. The first kappa shape index (κ1) is 9.88. The first-order valence-electron chi connectivity index (χ1n) is 3.11. The molecule has 0 atom stereocenters. The zero-order valence-corrected chi connectivity index (χ0v) is 8.83. The van der Waals surface area contributed by atoms with Gasteiger partial charge in [-0.1, -0.05) is 11.6 Å². The molecule has 0 bridgehead atoms. The number of nitroso groups, excluding NO2 is 1. The molecule has 0 heterocycles. The number of halogens is 2. The highest BCUT2D eigenvalue weighted by molar-refractivity contribution is 14.1. The molecule has 0 saturated carbocycles. The third-order valence-corrected chi connectivity index (χ3v) is 3.08. The van der Waals surface area contributed by atoms with Crippen molar-refractivity contribution in [1.29, 1.82) is 0 Å². The Morgan fingerprint density at radius 2 is 2.25 bits per heavy atom. The molecule has 12 heavy (non-hydrogen) atoms. The molecule has 3 nitrogen and oxygen atoms in total. The van der Waals surface area contributed by atoms with E-state index in [-0.39, 0.29) is 12.3 Å². The molecule has 64 valence electrons. The largest absolute Gasteiger partial charge is 0.392 e. The third kappa shape index (κ3) is 1.75. The summed E-state index contributed by atoms with van der Waals surface area (Å²) in [5.41, 5.74) is 0.585. The van der Waals surface area contributed by atoms with Crippen molar-refractivity contribution in [3.05, 3.63) is 31.2 Å². The molecule has 0 aliphatic heterocycles. The van der Waals surface area contributed by atoms with Gasteiger partial charge in [-0.25, -0.2) is 0 Å². The molecule has 1 aromatic carbocycles. The van der Waals surface area contributed by atoms with Crippen molar-refractivity contribution in [2.75, 3.05) is 0 Å². The number of hydrogen-bond donors (Lipinski definition) is 1. The van der Waals surface area contributed by atoms with E-state index in [9.17, 15) is 4.91 Å². The minimum atomic E-state index is -0.267. The average molecular weight is 297 g/mol. The second-order valence-corrected chi connectivity index (χ2v) is 3.65. The van der Waals surface area contributed by atoms with Crippen LogP contribution in [-0.2, 0) is 6.61 Å². The minimum Gasteiger partial charge on any atom is -0.392 e. The molecule has 0 aromatic heterocycles. The van der Waals surface area contributed by atoms with E-state index in [1.54, 1.807) is 6.07 Å². The van der Waals surface area contributed by atoms with Crippen LogP contribution in [0.4, 0.5) is 5.69 Å². The van der Waals surface area contributed by atoms with E-state index >= 15 is 0 Å². The fraction of sp³-hybridized carbons (Fsp3) is 0.143. The molecule has 1 rings (SSSR count). The van der Waals surface area contributed by atoms with Crippen LogP contribution in [-0.4, -0.2) is 5.11 Å². The summed E-state index contributed by atoms with van der Waals surface area (Å²) in [5, 5.41) is 12.0. The van der Waals surface area contributed by atoms with Crippen LogP contribution in [0.1, 0.15) is 5.56 Å². The lowest BCUT2D eigenvalue weighted by molar-refractivity contribution is 0.282. The summed E-state index contributed by atoms with van der Waals surface area (Å²) in [4.78, 5) is 10.2. The number of nitrogens with zero attached hydrogens (tertiary/aromatic N) is 1. The predicted molar refractivity (Wildman–Crippen MR) is 55.5 cm³/mol. The van der Waals surface area contributed by atoms with Crippen molar-refractivity contribution in [1.82, 2.24) is 0 Å². The summed E-state index contributed by atoms with van der Waals surface area (Å²) in [5.74, 6) is 0. The van der Waals surface area contributed by atoms with Gasteiger partial charge in [-0.2, -0.15) is 0 Å². The summed E-state index contributed by atoms with van der Waals surface area (Å²) in [7, 11) is 0. The highest BCUT2D eigenvalue weighted by Crippen LogP contribution is 2.30. The Hall–Kier alpha value is -0.200. The SMILES string of the molecule is O=Nc1ccc(I)c(Cl)c1CO. The second-order valence-electron chi connectivity index (χ2n) is 2.11. The van der Waals surface area contributed by atoms with Crippen molar-refractivity contribution in [2.24, 2.45) is 5.18 Å². The molecule has 0 saturated heterocycles. The van der Waals surface area contributed by atoms with E-state index in [2.05, 4.69) is 5.18 Å². The normalized spacial score (nSPS) is 9.92. The highest BCUT2D eigenvalue weighted by Gasteiger charge is 2.09. The topological polar surface area (TPSA) is 49.7 Å². The van der Waals surface area contributed by atoms with E-state index in [0.29, 0.717) is 10.6 Å². The van der Waals surface area contributed by atoms with Gasteiger partial charge in [0.1, 0.15) is 5.69 Å². The van der Waals surface area contributed by atoms with E-state index in [0.717, 1.165) is 3.57 Å². The van der Waals surface area contributed by atoms with Crippen LogP contribution in [0.3, 0.4) is 0 Å². The van der Waals surface area contributed by atoms with Crippen molar-refractivity contribution in [3.8, 4) is 0 Å². The van der Waals surface area contributed by atoms with Gasteiger partial charge in [-0.15, -0.1) is 4.91 Å². The highest BCUT2D eigenvalue weighted by atomic mass is 127. The van der Waals surface area contributed by atoms with E-state index < -0.39 is 0 Å². The molecular weight excluding hydrogens is 292 g/mol. The maximum atomic E-state index is 10.2. The van der Waals surface area contributed by atoms with Gasteiger partial charge in [0.2, 0.25) is 0 Å². The van der Waals surface area contributed by atoms with Crippen molar-refractivity contribution < 1.29 is 5.11 Å². The molecule has 0 fully saturated rings. The van der Waals surface area contributed by atoms with Crippen LogP contribution in [0.25, 0.3) is 0 Å². The Balaban J connectivity index is 3.35. The number of hydrogen-bond acceptors (Lipinski definition) is 3. The summed E-state index contributed by atoms with van der Waals surface area (Å²) in [6.07, 6.45) is 0. The molecule has 1 N–H and O–H groups in total. The zero-order chi connectivity index (χ0) is 9.14. The zero-order valence-electron chi connectivity index (χ0n) is 5.92. The number of rotatable bonds is 2. The van der Waals surface area contributed by atoms with Crippen LogP contribution in [0.15, 0.2) is 17.3 Å². The minimum absolute atomic E-state index is 0.197. The van der Waals surface area contributed by atoms with Crippen molar-refractivity contribution in [3.63, 3.8) is 0 Å². The standard InChI is InChI=1S/C7H5ClINO2/c8-7-4(3-11)6(10-12)2-1-5(7)9/h1-2,11H,3H2. The molecule has 0 unspecified atom stereocenters. The number of benzene rings is 1. The van der Waals surface area contributed by atoms with Gasteiger partial charge in [0.15, 0.2) is 0 Å². The summed E-state index contributed by atoms with van der Waals surface area (Å²) >= 11 is 7.83. The summed E-state index contributed by atoms with van der Waals surface area (Å²) in [6, 6.07) is 3.21. The van der Waals surface area contributed by atoms with E-state index in [4.69, 9.17) is 16.7 Å².